The lowest BCUT2D eigenvalue weighted by Crippen LogP contribution is -2.23. The predicted octanol–water partition coefficient (Wildman–Crippen LogP) is 4.90. The third-order valence-corrected chi connectivity index (χ3v) is 5.39. The maximum absolute atomic E-state index is 14.0. The summed E-state index contributed by atoms with van der Waals surface area (Å²) in [6.07, 6.45) is 1.32. The minimum atomic E-state index is -0.910. The number of benzene rings is 2. The van der Waals surface area contributed by atoms with Crippen molar-refractivity contribution in [1.82, 2.24) is 14.8 Å². The van der Waals surface area contributed by atoms with Crippen molar-refractivity contribution in [3.8, 4) is 16.3 Å². The van der Waals surface area contributed by atoms with Crippen molar-refractivity contribution in [3.05, 3.63) is 92.8 Å². The quantitative estimate of drug-likeness (QED) is 0.489. The summed E-state index contributed by atoms with van der Waals surface area (Å²) in [6.45, 7) is 0.332. The van der Waals surface area contributed by atoms with Gasteiger partial charge in [-0.05, 0) is 12.1 Å². The molecule has 29 heavy (non-hydrogen) atoms. The van der Waals surface area contributed by atoms with Gasteiger partial charge in [-0.15, -0.1) is 11.3 Å². The number of anilines is 1. The predicted molar refractivity (Wildman–Crippen MR) is 110 cm³/mol. The molecule has 4 rings (SSSR count). The van der Waals surface area contributed by atoms with Crippen LogP contribution in [0.15, 0.2) is 64.9 Å². The summed E-state index contributed by atoms with van der Waals surface area (Å²) in [5, 5.41) is 9.60. The molecule has 5 nitrogen and oxygen atoms in total. The standard InChI is InChI=1S/C20H13ClF2N4OS/c21-18-16(10-25-27(20(18)28)17-7-6-13(22)8-15(17)23)24-9-14-11-29-19(26-14)12-4-2-1-3-5-12/h1-8,10-11,24H,9H2. The lowest BCUT2D eigenvalue weighted by molar-refractivity contribution is 0.571. The number of halogens is 3. The van der Waals surface area contributed by atoms with Crippen molar-refractivity contribution in [2.75, 3.05) is 5.32 Å². The molecule has 0 aliphatic rings. The fraction of sp³-hybridized carbons (Fsp3) is 0.0500. The van der Waals surface area contributed by atoms with Gasteiger partial charge in [0, 0.05) is 17.0 Å². The maximum atomic E-state index is 14.0. The van der Waals surface area contributed by atoms with Crippen molar-refractivity contribution < 1.29 is 8.78 Å². The zero-order chi connectivity index (χ0) is 20.4. The monoisotopic (exact) mass is 430 g/mol. The second-order valence-electron chi connectivity index (χ2n) is 6.05. The van der Waals surface area contributed by atoms with Gasteiger partial charge < -0.3 is 5.32 Å². The summed E-state index contributed by atoms with van der Waals surface area (Å²) in [7, 11) is 0. The van der Waals surface area contributed by atoms with Crippen LogP contribution in [-0.2, 0) is 6.54 Å². The highest BCUT2D eigenvalue weighted by Gasteiger charge is 2.14. The van der Waals surface area contributed by atoms with Crippen LogP contribution >= 0.6 is 22.9 Å². The van der Waals surface area contributed by atoms with Crippen LogP contribution in [-0.4, -0.2) is 14.8 Å². The molecule has 0 amide bonds. The van der Waals surface area contributed by atoms with Crippen LogP contribution in [0.2, 0.25) is 5.02 Å². The Labute approximate surface area is 173 Å². The summed E-state index contributed by atoms with van der Waals surface area (Å²) in [5.41, 5.74) is 1.19. The SMILES string of the molecule is O=c1c(Cl)c(NCc2csc(-c3ccccc3)n2)cnn1-c1ccc(F)cc1F. The first-order valence-electron chi connectivity index (χ1n) is 8.50. The van der Waals surface area contributed by atoms with Crippen molar-refractivity contribution >= 4 is 28.6 Å². The summed E-state index contributed by atoms with van der Waals surface area (Å²) >= 11 is 7.66. The Morgan fingerprint density at radius 3 is 2.69 bits per heavy atom. The lowest BCUT2D eigenvalue weighted by Gasteiger charge is -2.10. The first-order valence-corrected chi connectivity index (χ1v) is 9.75. The Bertz CT molecular complexity index is 1230. The van der Waals surface area contributed by atoms with E-state index in [1.165, 1.54) is 17.5 Å². The molecule has 0 aliphatic heterocycles. The molecule has 2 aromatic heterocycles. The third-order valence-electron chi connectivity index (χ3n) is 4.09. The van der Waals surface area contributed by atoms with Crippen LogP contribution < -0.4 is 10.9 Å². The van der Waals surface area contributed by atoms with Gasteiger partial charge in [-0.2, -0.15) is 9.78 Å². The van der Waals surface area contributed by atoms with Crippen LogP contribution in [0.3, 0.4) is 0 Å². The molecule has 9 heteroatoms. The molecule has 146 valence electrons. The Balaban J connectivity index is 1.54. The molecular formula is C20H13ClF2N4OS. The Morgan fingerprint density at radius 1 is 1.14 bits per heavy atom. The van der Waals surface area contributed by atoms with Crippen LogP contribution in [0.4, 0.5) is 14.5 Å². The molecular weight excluding hydrogens is 418 g/mol. The van der Waals surface area contributed by atoms with Crippen LogP contribution in [0.1, 0.15) is 5.69 Å². The molecule has 4 aromatic rings. The normalized spacial score (nSPS) is 10.9. The molecule has 0 spiro atoms. The van der Waals surface area contributed by atoms with Gasteiger partial charge in [0.1, 0.15) is 21.5 Å². The molecule has 0 saturated carbocycles. The van der Waals surface area contributed by atoms with E-state index in [4.69, 9.17) is 11.6 Å². The van der Waals surface area contributed by atoms with E-state index in [1.807, 2.05) is 35.7 Å². The first kappa shape index (κ1) is 19.2. The van der Waals surface area contributed by atoms with E-state index < -0.39 is 17.2 Å². The summed E-state index contributed by atoms with van der Waals surface area (Å²) in [4.78, 5) is 17.0. The zero-order valence-electron chi connectivity index (χ0n) is 14.8. The number of aromatic nitrogens is 3. The average Bonchev–Trinajstić information content (AvgIpc) is 3.20. The van der Waals surface area contributed by atoms with Crippen LogP contribution in [0, 0.1) is 11.6 Å². The van der Waals surface area contributed by atoms with E-state index in [1.54, 1.807) is 0 Å². The second-order valence-corrected chi connectivity index (χ2v) is 7.28. The van der Waals surface area contributed by atoms with Crippen LogP contribution in [0.25, 0.3) is 16.3 Å². The largest absolute Gasteiger partial charge is 0.377 e. The van der Waals surface area contributed by atoms with Gasteiger partial charge >= 0.3 is 0 Å². The number of nitrogens with one attached hydrogen (secondary N) is 1. The minimum Gasteiger partial charge on any atom is -0.377 e. The zero-order valence-corrected chi connectivity index (χ0v) is 16.3. The number of rotatable bonds is 5. The number of hydrogen-bond acceptors (Lipinski definition) is 5. The van der Waals surface area contributed by atoms with Crippen molar-refractivity contribution in [2.24, 2.45) is 0 Å². The maximum Gasteiger partial charge on any atom is 0.292 e. The van der Waals surface area contributed by atoms with Gasteiger partial charge in [-0.1, -0.05) is 41.9 Å². The van der Waals surface area contributed by atoms with E-state index in [0.717, 1.165) is 33.1 Å². The van der Waals surface area contributed by atoms with Gasteiger partial charge in [-0.3, -0.25) is 4.79 Å². The van der Waals surface area contributed by atoms with E-state index in [9.17, 15) is 13.6 Å². The highest BCUT2D eigenvalue weighted by molar-refractivity contribution is 7.13. The highest BCUT2D eigenvalue weighted by Crippen LogP contribution is 2.24. The number of hydrogen-bond donors (Lipinski definition) is 1. The van der Waals surface area contributed by atoms with Gasteiger partial charge in [0.15, 0.2) is 5.82 Å². The van der Waals surface area contributed by atoms with Crippen LogP contribution in [0.5, 0.6) is 0 Å². The fourth-order valence-corrected chi connectivity index (χ4v) is 3.69. The van der Waals surface area contributed by atoms with E-state index >= 15 is 0 Å². The molecule has 0 saturated heterocycles. The second kappa shape index (κ2) is 8.10. The molecule has 2 aromatic carbocycles. The average molecular weight is 431 g/mol. The Kier molecular flexibility index (Phi) is 5.37. The number of nitrogens with zero attached hydrogens (tertiary/aromatic N) is 3. The van der Waals surface area contributed by atoms with E-state index in [-0.39, 0.29) is 10.7 Å². The van der Waals surface area contributed by atoms with Gasteiger partial charge in [0.25, 0.3) is 5.56 Å². The van der Waals surface area contributed by atoms with E-state index in [2.05, 4.69) is 15.4 Å². The summed E-state index contributed by atoms with van der Waals surface area (Å²) in [6, 6.07) is 12.6. The molecule has 0 unspecified atom stereocenters. The van der Waals surface area contributed by atoms with Gasteiger partial charge in [-0.25, -0.2) is 13.8 Å². The van der Waals surface area contributed by atoms with E-state index in [0.29, 0.717) is 18.3 Å². The van der Waals surface area contributed by atoms with Gasteiger partial charge in [0.05, 0.1) is 24.1 Å². The molecule has 2 heterocycles. The molecule has 0 aliphatic carbocycles. The van der Waals surface area contributed by atoms with Crippen molar-refractivity contribution in [1.29, 1.82) is 0 Å². The van der Waals surface area contributed by atoms with Crippen molar-refractivity contribution in [2.45, 2.75) is 6.54 Å². The van der Waals surface area contributed by atoms with Crippen molar-refractivity contribution in [3.63, 3.8) is 0 Å². The Morgan fingerprint density at radius 2 is 1.93 bits per heavy atom. The molecule has 0 bridgehead atoms. The topological polar surface area (TPSA) is 59.8 Å². The summed E-state index contributed by atoms with van der Waals surface area (Å²) < 4.78 is 27.8. The third kappa shape index (κ3) is 4.03. The minimum absolute atomic E-state index is 0.151. The summed E-state index contributed by atoms with van der Waals surface area (Å²) in [5.74, 6) is -1.66. The molecule has 1 N–H and O–H groups in total. The lowest BCUT2D eigenvalue weighted by atomic mass is 10.2. The first-order chi connectivity index (χ1) is 14.0. The smallest absolute Gasteiger partial charge is 0.292 e. The molecule has 0 atom stereocenters. The highest BCUT2D eigenvalue weighted by atomic mass is 35.5. The Hall–Kier alpha value is -3.10. The fourth-order valence-electron chi connectivity index (χ4n) is 2.67. The van der Waals surface area contributed by atoms with Gasteiger partial charge in [0.2, 0.25) is 0 Å². The molecule has 0 fully saturated rings. The number of thiazole rings is 1. The molecule has 0 radical (unpaired) electrons.